The fraction of sp³-hybridized carbons (Fsp3) is 0.148. The van der Waals surface area contributed by atoms with Crippen LogP contribution in [0.5, 0.6) is 0 Å². The van der Waals surface area contributed by atoms with Gasteiger partial charge >= 0.3 is 0 Å². The zero-order chi connectivity index (χ0) is 25.6. The molecule has 3 heterocycles. The Kier molecular flexibility index (Phi) is 5.85. The predicted molar refractivity (Wildman–Crippen MR) is 147 cm³/mol. The highest BCUT2D eigenvalue weighted by atomic mass is 32.2. The molecule has 0 bridgehead atoms. The van der Waals surface area contributed by atoms with Crippen LogP contribution in [0.4, 0.5) is 5.69 Å². The molecule has 0 fully saturated rings. The molecule has 0 aliphatic carbocycles. The van der Waals surface area contributed by atoms with Crippen LogP contribution < -0.4 is 10.3 Å². The van der Waals surface area contributed by atoms with Crippen LogP contribution in [0.25, 0.3) is 22.2 Å². The van der Waals surface area contributed by atoms with Crippen molar-refractivity contribution in [3.05, 3.63) is 106 Å². The summed E-state index contributed by atoms with van der Waals surface area (Å²) in [6.45, 7) is 0. The van der Waals surface area contributed by atoms with Gasteiger partial charge in [-0.05, 0) is 21.9 Å². The minimum absolute atomic E-state index is 0.211. The average Bonchev–Trinajstić information content (AvgIpc) is 3.55. The van der Waals surface area contributed by atoms with Crippen LogP contribution in [0.3, 0.4) is 0 Å². The number of hydrogen-bond acceptors (Lipinski definition) is 6. The van der Waals surface area contributed by atoms with E-state index in [1.165, 1.54) is 17.8 Å². The number of sulfonamides is 1. The first-order valence-corrected chi connectivity index (χ1v) is 14.6. The van der Waals surface area contributed by atoms with E-state index in [1.54, 1.807) is 4.57 Å². The van der Waals surface area contributed by atoms with E-state index in [0.29, 0.717) is 40.1 Å². The van der Waals surface area contributed by atoms with Gasteiger partial charge in [0, 0.05) is 23.8 Å². The number of aromatic amines is 1. The maximum atomic E-state index is 13.5. The van der Waals surface area contributed by atoms with Crippen molar-refractivity contribution in [2.24, 2.45) is 0 Å². The van der Waals surface area contributed by atoms with Crippen LogP contribution in [0.15, 0.2) is 88.7 Å². The Morgan fingerprint density at radius 3 is 2.59 bits per heavy atom. The standard InChI is InChI=1S/C27H23N5O3S2/c1-37(34,35)31-24-20(14-19-12-7-11-17-8-5-6-13-21(17)19)15-23(33)32-22(16-36-27(24)32)26-28-25(29-30-26)18-9-3-2-4-10-18/h2-13,15,22,31H,14,16H2,1H3,(H,28,29,30). The SMILES string of the molecule is CS(=O)(=O)Nc1c(Cc2cccc3ccccc23)cc(=O)n2c1SCC2c1nc(-c2ccccc2)n[nH]1. The quantitative estimate of drug-likeness (QED) is 0.337. The van der Waals surface area contributed by atoms with E-state index in [0.717, 1.165) is 28.2 Å². The molecule has 0 saturated carbocycles. The molecule has 3 aromatic carbocycles. The molecule has 0 radical (unpaired) electrons. The molecule has 186 valence electrons. The first kappa shape index (κ1) is 23.5. The van der Waals surface area contributed by atoms with E-state index in [-0.39, 0.29) is 5.56 Å². The lowest BCUT2D eigenvalue weighted by atomic mass is 9.98. The largest absolute Gasteiger partial charge is 0.290 e. The van der Waals surface area contributed by atoms with E-state index >= 15 is 0 Å². The van der Waals surface area contributed by atoms with Crippen molar-refractivity contribution in [3.63, 3.8) is 0 Å². The zero-order valence-corrected chi connectivity index (χ0v) is 21.5. The minimum atomic E-state index is -3.60. The third-order valence-electron chi connectivity index (χ3n) is 6.38. The molecule has 0 saturated heterocycles. The summed E-state index contributed by atoms with van der Waals surface area (Å²) in [5.74, 6) is 1.62. The minimum Gasteiger partial charge on any atom is -0.290 e. The fourth-order valence-electron chi connectivity index (χ4n) is 4.74. The number of benzene rings is 3. The summed E-state index contributed by atoms with van der Waals surface area (Å²) in [4.78, 5) is 18.1. The third kappa shape index (κ3) is 4.54. The lowest BCUT2D eigenvalue weighted by molar-refractivity contribution is 0.567. The number of nitrogens with one attached hydrogen (secondary N) is 2. The van der Waals surface area contributed by atoms with Crippen LogP contribution >= 0.6 is 11.8 Å². The molecule has 0 spiro atoms. The van der Waals surface area contributed by atoms with Crippen LogP contribution in [-0.2, 0) is 16.4 Å². The van der Waals surface area contributed by atoms with Gasteiger partial charge in [-0.25, -0.2) is 13.4 Å². The number of rotatable bonds is 6. The zero-order valence-electron chi connectivity index (χ0n) is 19.9. The van der Waals surface area contributed by atoms with Crippen molar-refractivity contribution < 1.29 is 8.42 Å². The Bertz CT molecular complexity index is 1790. The second-order valence-electron chi connectivity index (χ2n) is 8.98. The van der Waals surface area contributed by atoms with Crippen molar-refractivity contribution >= 4 is 38.2 Å². The number of thioether (sulfide) groups is 1. The second kappa shape index (κ2) is 9.20. The highest BCUT2D eigenvalue weighted by molar-refractivity contribution is 7.99. The van der Waals surface area contributed by atoms with Gasteiger partial charge in [0.1, 0.15) is 16.9 Å². The summed E-state index contributed by atoms with van der Waals surface area (Å²) in [5.41, 5.74) is 2.74. The molecule has 37 heavy (non-hydrogen) atoms. The molecule has 1 atom stereocenters. The summed E-state index contributed by atoms with van der Waals surface area (Å²) in [6.07, 6.45) is 1.53. The molecule has 5 aromatic rings. The van der Waals surface area contributed by atoms with Gasteiger partial charge in [0.2, 0.25) is 10.0 Å². The molecule has 10 heteroatoms. The molecular weight excluding hydrogens is 506 g/mol. The third-order valence-corrected chi connectivity index (χ3v) is 8.11. The number of fused-ring (bicyclic) bond motifs is 2. The van der Waals surface area contributed by atoms with Crippen LogP contribution in [0.2, 0.25) is 0 Å². The van der Waals surface area contributed by atoms with Gasteiger partial charge in [0.05, 0.1) is 11.9 Å². The van der Waals surface area contributed by atoms with Gasteiger partial charge in [-0.15, -0.1) is 11.8 Å². The second-order valence-corrected chi connectivity index (χ2v) is 11.7. The van der Waals surface area contributed by atoms with Crippen molar-refractivity contribution in [2.75, 3.05) is 16.7 Å². The number of H-pyrrole nitrogens is 1. The number of aromatic nitrogens is 4. The highest BCUT2D eigenvalue weighted by Crippen LogP contribution is 2.41. The normalized spacial score (nSPS) is 15.1. The molecule has 2 N–H and O–H groups in total. The smallest absolute Gasteiger partial charge is 0.252 e. The monoisotopic (exact) mass is 529 g/mol. The van der Waals surface area contributed by atoms with E-state index in [2.05, 4.69) is 19.9 Å². The Labute approximate surface area is 217 Å². The Morgan fingerprint density at radius 1 is 1.03 bits per heavy atom. The van der Waals surface area contributed by atoms with Crippen molar-refractivity contribution in [3.8, 4) is 11.4 Å². The average molecular weight is 530 g/mol. The summed E-state index contributed by atoms with van der Waals surface area (Å²) < 4.78 is 29.1. The highest BCUT2D eigenvalue weighted by Gasteiger charge is 2.32. The molecule has 1 aliphatic heterocycles. The van der Waals surface area contributed by atoms with Crippen molar-refractivity contribution in [2.45, 2.75) is 17.5 Å². The molecular formula is C27H23N5O3S2. The van der Waals surface area contributed by atoms with Crippen LogP contribution in [0, 0.1) is 0 Å². The fourth-order valence-corrected chi connectivity index (χ4v) is 6.71. The van der Waals surface area contributed by atoms with E-state index in [9.17, 15) is 13.2 Å². The Balaban J connectivity index is 1.45. The Hall–Kier alpha value is -3.89. The molecule has 6 rings (SSSR count). The lowest BCUT2D eigenvalue weighted by Crippen LogP contribution is -2.27. The van der Waals surface area contributed by atoms with Crippen molar-refractivity contribution in [1.29, 1.82) is 0 Å². The molecule has 1 unspecified atom stereocenters. The maximum Gasteiger partial charge on any atom is 0.252 e. The molecule has 0 amide bonds. The number of nitrogens with zero attached hydrogens (tertiary/aromatic N) is 3. The number of anilines is 1. The summed E-state index contributed by atoms with van der Waals surface area (Å²) in [7, 11) is -3.60. The van der Waals surface area contributed by atoms with Gasteiger partial charge in [-0.2, -0.15) is 5.10 Å². The first-order chi connectivity index (χ1) is 17.9. The number of pyridine rings is 1. The van der Waals surface area contributed by atoms with Gasteiger partial charge in [0.25, 0.3) is 5.56 Å². The molecule has 8 nitrogen and oxygen atoms in total. The summed E-state index contributed by atoms with van der Waals surface area (Å²) >= 11 is 1.43. The predicted octanol–water partition coefficient (Wildman–Crippen LogP) is 4.44. The summed E-state index contributed by atoms with van der Waals surface area (Å²) in [6, 6.07) is 24.8. The number of hydrogen-bond donors (Lipinski definition) is 2. The van der Waals surface area contributed by atoms with Crippen LogP contribution in [-0.4, -0.2) is 40.2 Å². The topological polar surface area (TPSA) is 110 Å². The van der Waals surface area contributed by atoms with Gasteiger partial charge in [-0.1, -0.05) is 72.8 Å². The molecule has 1 aliphatic rings. The van der Waals surface area contributed by atoms with E-state index in [4.69, 9.17) is 0 Å². The molecule has 2 aromatic heterocycles. The van der Waals surface area contributed by atoms with Gasteiger partial charge < -0.3 is 0 Å². The van der Waals surface area contributed by atoms with E-state index < -0.39 is 16.1 Å². The Morgan fingerprint density at radius 2 is 1.78 bits per heavy atom. The summed E-state index contributed by atoms with van der Waals surface area (Å²) in [5, 5.41) is 10.1. The van der Waals surface area contributed by atoms with Crippen LogP contribution in [0.1, 0.15) is 23.0 Å². The lowest BCUT2D eigenvalue weighted by Gasteiger charge is -2.18. The van der Waals surface area contributed by atoms with Gasteiger partial charge in [-0.3, -0.25) is 19.2 Å². The first-order valence-electron chi connectivity index (χ1n) is 11.7. The maximum absolute atomic E-state index is 13.5. The van der Waals surface area contributed by atoms with E-state index in [1.807, 2.05) is 72.8 Å². The van der Waals surface area contributed by atoms with Gasteiger partial charge in [0.15, 0.2) is 5.82 Å². The van der Waals surface area contributed by atoms with Crippen molar-refractivity contribution in [1.82, 2.24) is 19.7 Å².